The minimum absolute atomic E-state index is 0.0367. The molecule has 3 aromatic carbocycles. The molecule has 0 fully saturated rings. The second-order valence-electron chi connectivity index (χ2n) is 6.60. The van der Waals surface area contributed by atoms with Crippen molar-refractivity contribution in [2.24, 2.45) is 0 Å². The number of ether oxygens (including phenoxy) is 1. The first-order valence-corrected chi connectivity index (χ1v) is 9.49. The molecule has 0 aromatic heterocycles. The second-order valence-corrected chi connectivity index (χ2v) is 7.44. The van der Waals surface area contributed by atoms with Crippen molar-refractivity contribution < 1.29 is 4.74 Å². The predicted molar refractivity (Wildman–Crippen MR) is 108 cm³/mol. The van der Waals surface area contributed by atoms with Gasteiger partial charge in [-0.25, -0.2) is 0 Å². The van der Waals surface area contributed by atoms with Gasteiger partial charge in [0.2, 0.25) is 0 Å². The molecule has 0 saturated heterocycles. The quantitative estimate of drug-likeness (QED) is 0.577. The molecule has 0 radical (unpaired) electrons. The Balaban J connectivity index is 1.64. The number of hydrogen-bond acceptors (Lipinski definition) is 3. The van der Waals surface area contributed by atoms with Crippen LogP contribution >= 0.6 is 23.2 Å². The standard InChI is InChI=1S/C22H16Cl2N2O/c23-16-11-17-20-13-19(14-7-3-1-4-8-14)25-26(20)22(15-9-5-2-6-10-15)27-21(17)18(24)12-16/h1-13,20,22,25H/t20-,22+/m1/s1. The van der Waals surface area contributed by atoms with Crippen molar-refractivity contribution in [3.63, 3.8) is 0 Å². The molecule has 2 aliphatic heterocycles. The number of hydrazine groups is 1. The van der Waals surface area contributed by atoms with E-state index >= 15 is 0 Å². The lowest BCUT2D eigenvalue weighted by atomic mass is 10.0. The first-order chi connectivity index (χ1) is 13.2. The third kappa shape index (κ3) is 2.88. The molecule has 134 valence electrons. The third-order valence-electron chi connectivity index (χ3n) is 4.88. The summed E-state index contributed by atoms with van der Waals surface area (Å²) in [6.07, 6.45) is 1.89. The smallest absolute Gasteiger partial charge is 0.196 e. The highest BCUT2D eigenvalue weighted by Gasteiger charge is 2.41. The van der Waals surface area contributed by atoms with Gasteiger partial charge in [0.25, 0.3) is 0 Å². The topological polar surface area (TPSA) is 24.5 Å². The molecule has 2 atom stereocenters. The molecule has 27 heavy (non-hydrogen) atoms. The zero-order chi connectivity index (χ0) is 18.4. The molecule has 3 aromatic rings. The van der Waals surface area contributed by atoms with E-state index in [0.29, 0.717) is 15.8 Å². The van der Waals surface area contributed by atoms with Crippen LogP contribution in [0.1, 0.15) is 29.0 Å². The van der Waals surface area contributed by atoms with Crippen LogP contribution in [0.2, 0.25) is 10.0 Å². The molecular weight excluding hydrogens is 379 g/mol. The van der Waals surface area contributed by atoms with Gasteiger partial charge in [-0.1, -0.05) is 83.9 Å². The van der Waals surface area contributed by atoms with Crippen LogP contribution in [-0.4, -0.2) is 5.01 Å². The Morgan fingerprint density at radius 2 is 1.59 bits per heavy atom. The first kappa shape index (κ1) is 16.7. The Labute approximate surface area is 167 Å². The van der Waals surface area contributed by atoms with Gasteiger partial charge in [0, 0.05) is 16.1 Å². The van der Waals surface area contributed by atoms with Crippen molar-refractivity contribution >= 4 is 28.9 Å². The minimum Gasteiger partial charge on any atom is -0.467 e. The highest BCUT2D eigenvalue weighted by atomic mass is 35.5. The van der Waals surface area contributed by atoms with E-state index in [4.69, 9.17) is 27.9 Å². The minimum atomic E-state index is -0.306. The van der Waals surface area contributed by atoms with Crippen LogP contribution in [0.5, 0.6) is 5.75 Å². The molecule has 5 rings (SSSR count). The summed E-state index contributed by atoms with van der Waals surface area (Å²) in [7, 11) is 0. The number of rotatable bonds is 2. The van der Waals surface area contributed by atoms with Gasteiger partial charge in [-0.05, 0) is 23.8 Å². The molecule has 5 heteroatoms. The zero-order valence-corrected chi connectivity index (χ0v) is 15.8. The summed E-state index contributed by atoms with van der Waals surface area (Å²) in [5, 5.41) is 3.23. The van der Waals surface area contributed by atoms with E-state index in [2.05, 4.69) is 40.8 Å². The van der Waals surface area contributed by atoms with Gasteiger partial charge >= 0.3 is 0 Å². The van der Waals surface area contributed by atoms with Crippen molar-refractivity contribution in [1.29, 1.82) is 0 Å². The first-order valence-electron chi connectivity index (χ1n) is 8.73. The van der Waals surface area contributed by atoms with Crippen LogP contribution in [0.25, 0.3) is 5.70 Å². The van der Waals surface area contributed by atoms with Crippen LogP contribution in [0.3, 0.4) is 0 Å². The molecule has 2 heterocycles. The molecule has 3 nitrogen and oxygen atoms in total. The fourth-order valence-corrected chi connectivity index (χ4v) is 4.20. The Morgan fingerprint density at radius 3 is 2.33 bits per heavy atom. The highest BCUT2D eigenvalue weighted by molar-refractivity contribution is 6.35. The summed E-state index contributed by atoms with van der Waals surface area (Å²) in [4.78, 5) is 0. The van der Waals surface area contributed by atoms with Crippen molar-refractivity contribution in [2.45, 2.75) is 12.3 Å². The molecule has 0 bridgehead atoms. The number of nitrogens with zero attached hydrogens (tertiary/aromatic N) is 1. The van der Waals surface area contributed by atoms with Gasteiger partial charge in [0.1, 0.15) is 5.75 Å². The van der Waals surface area contributed by atoms with Crippen molar-refractivity contribution in [3.05, 3.63) is 106 Å². The van der Waals surface area contributed by atoms with Crippen LogP contribution in [0.4, 0.5) is 0 Å². The van der Waals surface area contributed by atoms with Gasteiger partial charge < -0.3 is 10.2 Å². The lowest BCUT2D eigenvalue weighted by molar-refractivity contribution is -0.0325. The summed E-state index contributed by atoms with van der Waals surface area (Å²) in [5.41, 5.74) is 7.68. The molecule has 0 spiro atoms. The second kappa shape index (κ2) is 6.61. The van der Waals surface area contributed by atoms with Crippen molar-refractivity contribution in [3.8, 4) is 5.75 Å². The average molecular weight is 395 g/mol. The van der Waals surface area contributed by atoms with E-state index < -0.39 is 0 Å². The fourth-order valence-electron chi connectivity index (χ4n) is 3.65. The average Bonchev–Trinajstić information content (AvgIpc) is 3.15. The maximum absolute atomic E-state index is 6.47. The zero-order valence-electron chi connectivity index (χ0n) is 14.3. The van der Waals surface area contributed by atoms with E-state index in [9.17, 15) is 0 Å². The van der Waals surface area contributed by atoms with Crippen molar-refractivity contribution in [2.75, 3.05) is 0 Å². The lowest BCUT2D eigenvalue weighted by Crippen LogP contribution is -2.43. The molecule has 0 amide bonds. The number of benzene rings is 3. The summed E-state index contributed by atoms with van der Waals surface area (Å²) < 4.78 is 6.34. The monoisotopic (exact) mass is 394 g/mol. The number of fused-ring (bicyclic) bond motifs is 3. The van der Waals surface area contributed by atoms with Gasteiger partial charge in [-0.15, -0.1) is 0 Å². The van der Waals surface area contributed by atoms with E-state index in [0.717, 1.165) is 22.4 Å². The number of hydrogen-bond donors (Lipinski definition) is 1. The third-order valence-corrected chi connectivity index (χ3v) is 5.38. The van der Waals surface area contributed by atoms with E-state index in [1.54, 1.807) is 6.07 Å². The summed E-state index contributed by atoms with van der Waals surface area (Å²) in [5.74, 6) is 0.684. The fraction of sp³-hybridized carbons (Fsp3) is 0.0909. The summed E-state index contributed by atoms with van der Waals surface area (Å²) in [6, 6.07) is 24.0. The maximum Gasteiger partial charge on any atom is 0.196 e. The Hall–Kier alpha value is -2.46. The molecule has 1 N–H and O–H groups in total. The molecular formula is C22H16Cl2N2O. The Kier molecular flexibility index (Phi) is 4.09. The van der Waals surface area contributed by atoms with Gasteiger partial charge in [-0.3, -0.25) is 0 Å². The lowest BCUT2D eigenvalue weighted by Gasteiger charge is -2.39. The highest BCUT2D eigenvalue weighted by Crippen LogP contribution is 2.49. The van der Waals surface area contributed by atoms with Crippen LogP contribution < -0.4 is 10.2 Å². The van der Waals surface area contributed by atoms with Crippen LogP contribution in [0, 0.1) is 0 Å². The molecule has 0 saturated carbocycles. The van der Waals surface area contributed by atoms with Crippen LogP contribution in [0.15, 0.2) is 78.9 Å². The van der Waals surface area contributed by atoms with E-state index in [1.165, 1.54) is 0 Å². The van der Waals surface area contributed by atoms with Gasteiger partial charge in [-0.2, -0.15) is 5.01 Å². The number of nitrogens with one attached hydrogen (secondary N) is 1. The van der Waals surface area contributed by atoms with Crippen molar-refractivity contribution in [1.82, 2.24) is 10.4 Å². The Bertz CT molecular complexity index is 1020. The predicted octanol–water partition coefficient (Wildman–Crippen LogP) is 5.99. The summed E-state index contributed by atoms with van der Waals surface area (Å²) in [6.45, 7) is 0. The normalized spacial score (nSPS) is 20.9. The molecule has 0 unspecified atom stereocenters. The summed E-state index contributed by atoms with van der Waals surface area (Å²) >= 11 is 12.8. The maximum atomic E-state index is 6.47. The van der Waals surface area contributed by atoms with E-state index in [1.807, 2.05) is 42.5 Å². The van der Waals surface area contributed by atoms with Gasteiger partial charge in [0.15, 0.2) is 6.23 Å². The number of halogens is 2. The molecule has 2 aliphatic rings. The SMILES string of the molecule is Clc1cc(Cl)c2c(c1)[C@H]1C=C(c3ccccc3)NN1[C@H](c1ccccc1)O2. The molecule has 0 aliphatic carbocycles. The van der Waals surface area contributed by atoms with Crippen LogP contribution in [-0.2, 0) is 0 Å². The Morgan fingerprint density at radius 1 is 0.889 bits per heavy atom. The van der Waals surface area contributed by atoms with Gasteiger partial charge in [0.05, 0.1) is 16.8 Å². The largest absolute Gasteiger partial charge is 0.467 e. The van der Waals surface area contributed by atoms with E-state index in [-0.39, 0.29) is 12.3 Å².